The van der Waals surface area contributed by atoms with Crippen molar-refractivity contribution in [3.63, 3.8) is 0 Å². The number of aromatic nitrogens is 5. The van der Waals surface area contributed by atoms with Gasteiger partial charge in [-0.15, -0.1) is 10.2 Å². The molecule has 2 saturated heterocycles. The second-order valence-electron chi connectivity index (χ2n) is 10.1. The Labute approximate surface area is 241 Å². The molecule has 5 heterocycles. The lowest BCUT2D eigenvalue weighted by molar-refractivity contribution is -0.0660. The van der Waals surface area contributed by atoms with Crippen LogP contribution >= 0.6 is 11.6 Å². The zero-order valence-electron chi connectivity index (χ0n) is 22.7. The van der Waals surface area contributed by atoms with E-state index >= 15 is 0 Å². The first kappa shape index (κ1) is 25.8. The van der Waals surface area contributed by atoms with E-state index in [4.69, 9.17) is 30.8 Å². The van der Waals surface area contributed by atoms with Gasteiger partial charge in [0.25, 0.3) is 0 Å². The molecule has 1 N–H and O–H groups in total. The van der Waals surface area contributed by atoms with Crippen molar-refractivity contribution in [2.24, 2.45) is 0 Å². The maximum absolute atomic E-state index is 6.71. The largest absolute Gasteiger partial charge is 0.497 e. The first-order valence-electron chi connectivity index (χ1n) is 13.5. The minimum absolute atomic E-state index is 0.454. The summed E-state index contributed by atoms with van der Waals surface area (Å²) in [6.07, 6.45) is 3.41. The zero-order valence-corrected chi connectivity index (χ0v) is 23.5. The molecular formula is C29H29ClN8O3. The van der Waals surface area contributed by atoms with Crippen LogP contribution in [-0.2, 0) is 4.74 Å². The Hall–Kier alpha value is -4.19. The smallest absolute Gasteiger partial charge is 0.229 e. The summed E-state index contributed by atoms with van der Waals surface area (Å²) in [6.45, 7) is 5.90. The molecule has 7 rings (SSSR count). The number of fused-ring (bicyclic) bond motifs is 3. The maximum atomic E-state index is 6.71. The van der Waals surface area contributed by atoms with Crippen LogP contribution in [0, 0.1) is 0 Å². The summed E-state index contributed by atoms with van der Waals surface area (Å²) in [4.78, 5) is 14.3. The number of anilines is 3. The number of benzene rings is 2. The van der Waals surface area contributed by atoms with Gasteiger partial charge in [0.2, 0.25) is 5.95 Å². The van der Waals surface area contributed by atoms with Crippen molar-refractivity contribution in [2.75, 3.05) is 63.8 Å². The molecule has 2 fully saturated rings. The Morgan fingerprint density at radius 2 is 1.76 bits per heavy atom. The fraction of sp³-hybridized carbons (Fsp3) is 0.310. The number of nitrogens with zero attached hydrogens (tertiary/aromatic N) is 7. The molecule has 5 aromatic rings. The van der Waals surface area contributed by atoms with Crippen molar-refractivity contribution in [2.45, 2.75) is 6.04 Å². The Morgan fingerprint density at radius 1 is 0.951 bits per heavy atom. The van der Waals surface area contributed by atoms with Crippen LogP contribution in [0.2, 0.25) is 5.02 Å². The Bertz CT molecular complexity index is 1720. The molecule has 3 aromatic heterocycles. The van der Waals surface area contributed by atoms with Crippen LogP contribution in [0.1, 0.15) is 0 Å². The van der Waals surface area contributed by atoms with Gasteiger partial charge in [0, 0.05) is 66.3 Å². The van der Waals surface area contributed by atoms with Gasteiger partial charge in [-0.2, -0.15) is 4.98 Å². The van der Waals surface area contributed by atoms with Crippen molar-refractivity contribution in [3.05, 3.63) is 60.0 Å². The van der Waals surface area contributed by atoms with E-state index in [-0.39, 0.29) is 0 Å². The summed E-state index contributed by atoms with van der Waals surface area (Å²) in [5.41, 5.74) is 4.87. The van der Waals surface area contributed by atoms with E-state index in [1.165, 1.54) is 5.69 Å². The molecule has 0 spiro atoms. The van der Waals surface area contributed by atoms with Crippen LogP contribution in [0.4, 0.5) is 17.3 Å². The second-order valence-corrected chi connectivity index (χ2v) is 10.5. The van der Waals surface area contributed by atoms with Gasteiger partial charge in [0.05, 0.1) is 38.5 Å². The van der Waals surface area contributed by atoms with Crippen LogP contribution in [0.3, 0.4) is 0 Å². The zero-order chi connectivity index (χ0) is 27.9. The quantitative estimate of drug-likeness (QED) is 0.304. The molecule has 11 nitrogen and oxygen atoms in total. The van der Waals surface area contributed by atoms with Crippen LogP contribution in [0.5, 0.6) is 11.5 Å². The summed E-state index contributed by atoms with van der Waals surface area (Å²) < 4.78 is 18.1. The number of pyridine rings is 1. The fourth-order valence-corrected chi connectivity index (χ4v) is 5.72. The highest BCUT2D eigenvalue weighted by Gasteiger charge is 2.29. The predicted octanol–water partition coefficient (Wildman–Crippen LogP) is 4.27. The number of halogens is 1. The van der Waals surface area contributed by atoms with Crippen LogP contribution < -0.4 is 19.7 Å². The topological polar surface area (TPSA) is 102 Å². The summed E-state index contributed by atoms with van der Waals surface area (Å²) in [5, 5.41) is 13.1. The van der Waals surface area contributed by atoms with Crippen molar-refractivity contribution in [3.8, 4) is 22.6 Å². The van der Waals surface area contributed by atoms with E-state index in [0.29, 0.717) is 45.4 Å². The lowest BCUT2D eigenvalue weighted by atomic mass is 10.0. The minimum atomic E-state index is 0.454. The van der Waals surface area contributed by atoms with Gasteiger partial charge in [-0.05, 0) is 36.4 Å². The van der Waals surface area contributed by atoms with Gasteiger partial charge in [-0.25, -0.2) is 4.98 Å². The average molecular weight is 573 g/mol. The summed E-state index contributed by atoms with van der Waals surface area (Å²) >= 11 is 6.71. The third-order valence-electron chi connectivity index (χ3n) is 7.81. The van der Waals surface area contributed by atoms with Crippen LogP contribution in [0.25, 0.3) is 27.8 Å². The van der Waals surface area contributed by atoms with Crippen LogP contribution in [0.15, 0.2) is 55.0 Å². The monoisotopic (exact) mass is 572 g/mol. The lowest BCUT2D eigenvalue weighted by Gasteiger charge is -2.43. The highest BCUT2D eigenvalue weighted by atomic mass is 35.5. The van der Waals surface area contributed by atoms with Crippen molar-refractivity contribution in [1.29, 1.82) is 0 Å². The van der Waals surface area contributed by atoms with Crippen molar-refractivity contribution >= 4 is 45.6 Å². The van der Waals surface area contributed by atoms with E-state index < -0.39 is 0 Å². The first-order valence-corrected chi connectivity index (χ1v) is 13.8. The van der Waals surface area contributed by atoms with Crippen molar-refractivity contribution in [1.82, 2.24) is 29.5 Å². The normalized spacial score (nSPS) is 16.2. The molecule has 0 radical (unpaired) electrons. The Morgan fingerprint density at radius 3 is 2.46 bits per heavy atom. The van der Waals surface area contributed by atoms with E-state index in [9.17, 15) is 0 Å². The van der Waals surface area contributed by atoms with Gasteiger partial charge in [-0.3, -0.25) is 9.30 Å². The summed E-state index contributed by atoms with van der Waals surface area (Å²) in [7, 11) is 3.17. The standard InChI is InChI=1S/C29H29ClN8O3/c1-39-22-12-23(26(30)25(13-22)40-2)24-11-18-14-31-29(34-27(18)38-17-32-35-28(24)38)33-19-3-5-20(6-4-19)36-7-9-37(10-8-36)21-15-41-16-21/h3-6,11-14,17,21H,7-10,15-16H2,1-2H3,(H,31,33,34). The van der Waals surface area contributed by atoms with E-state index in [2.05, 4.69) is 54.6 Å². The molecule has 0 saturated carbocycles. The summed E-state index contributed by atoms with van der Waals surface area (Å²) in [5.74, 6) is 1.60. The molecule has 0 unspecified atom stereocenters. The third-order valence-corrected chi connectivity index (χ3v) is 8.20. The minimum Gasteiger partial charge on any atom is -0.497 e. The van der Waals surface area contributed by atoms with Crippen molar-refractivity contribution < 1.29 is 14.2 Å². The van der Waals surface area contributed by atoms with E-state index in [1.54, 1.807) is 32.8 Å². The molecule has 2 aliphatic rings. The molecular weight excluding hydrogens is 544 g/mol. The Balaban J connectivity index is 1.14. The van der Waals surface area contributed by atoms with Gasteiger partial charge in [-0.1, -0.05) is 11.6 Å². The number of ether oxygens (including phenoxy) is 3. The number of hydrogen-bond donors (Lipinski definition) is 1. The number of hydrogen-bond acceptors (Lipinski definition) is 10. The number of methoxy groups -OCH3 is 2. The second kappa shape index (κ2) is 10.7. The first-order chi connectivity index (χ1) is 20.1. The number of rotatable bonds is 7. The van der Waals surface area contributed by atoms with Gasteiger partial charge >= 0.3 is 0 Å². The number of nitrogens with one attached hydrogen (secondary N) is 1. The molecule has 0 aliphatic carbocycles. The SMILES string of the molecule is COc1cc(OC)c(Cl)c(-c2cc3cnc(Nc4ccc(N5CCN(C6COC6)CC5)cc4)nc3n3cnnc23)c1. The summed E-state index contributed by atoms with van der Waals surface area (Å²) in [6, 6.07) is 14.5. The highest BCUT2D eigenvalue weighted by molar-refractivity contribution is 6.35. The molecule has 0 bridgehead atoms. The van der Waals surface area contributed by atoms with E-state index in [1.807, 2.05) is 16.5 Å². The maximum Gasteiger partial charge on any atom is 0.229 e. The molecule has 41 heavy (non-hydrogen) atoms. The van der Waals surface area contributed by atoms with Gasteiger partial charge < -0.3 is 24.4 Å². The fourth-order valence-electron chi connectivity index (χ4n) is 5.43. The Kier molecular flexibility index (Phi) is 6.69. The highest BCUT2D eigenvalue weighted by Crippen LogP contribution is 2.41. The van der Waals surface area contributed by atoms with Gasteiger partial charge in [0.1, 0.15) is 17.8 Å². The predicted molar refractivity (Wildman–Crippen MR) is 158 cm³/mol. The molecule has 0 amide bonds. The number of piperazine rings is 1. The van der Waals surface area contributed by atoms with Crippen LogP contribution in [-0.4, -0.2) is 89.1 Å². The lowest BCUT2D eigenvalue weighted by Crippen LogP contribution is -2.56. The molecule has 12 heteroatoms. The third kappa shape index (κ3) is 4.75. The molecule has 2 aromatic carbocycles. The average Bonchev–Trinajstić information content (AvgIpc) is 3.48. The molecule has 210 valence electrons. The molecule has 0 atom stereocenters. The van der Waals surface area contributed by atoms with E-state index in [0.717, 1.165) is 56.0 Å². The molecule has 2 aliphatic heterocycles. The van der Waals surface area contributed by atoms with Gasteiger partial charge in [0.15, 0.2) is 11.3 Å².